The van der Waals surface area contributed by atoms with Crippen molar-refractivity contribution in [2.75, 3.05) is 13.1 Å². The minimum atomic E-state index is -0.710. The van der Waals surface area contributed by atoms with Crippen molar-refractivity contribution in [3.8, 4) is 11.5 Å². The zero-order valence-corrected chi connectivity index (χ0v) is 14.8. The van der Waals surface area contributed by atoms with Crippen LogP contribution in [-0.2, 0) is 0 Å². The number of hydrogen-bond donors (Lipinski definition) is 3. The smallest absolute Gasteiger partial charge is 0.271 e. The number of carbonyl (C=O) groups excluding carboxylic acids is 2. The number of imidazole rings is 1. The van der Waals surface area contributed by atoms with Gasteiger partial charge in [0.2, 0.25) is 0 Å². The van der Waals surface area contributed by atoms with Crippen LogP contribution in [0.25, 0.3) is 17.1 Å². The number of nitrogens with one attached hydrogen (secondary N) is 2. The van der Waals surface area contributed by atoms with Crippen LogP contribution in [0.2, 0.25) is 0 Å². The predicted molar refractivity (Wildman–Crippen MR) is 97.1 cm³/mol. The van der Waals surface area contributed by atoms with Gasteiger partial charge in [0.15, 0.2) is 17.1 Å². The second kappa shape index (κ2) is 6.84. The van der Waals surface area contributed by atoms with Crippen molar-refractivity contribution in [3.05, 3.63) is 42.2 Å². The summed E-state index contributed by atoms with van der Waals surface area (Å²) < 4.78 is 7.05. The van der Waals surface area contributed by atoms with Gasteiger partial charge in [-0.15, -0.1) is 0 Å². The van der Waals surface area contributed by atoms with Crippen LogP contribution in [0.15, 0.2) is 35.2 Å². The van der Waals surface area contributed by atoms with Gasteiger partial charge in [0.1, 0.15) is 12.0 Å². The first-order valence-corrected chi connectivity index (χ1v) is 8.78. The van der Waals surface area contributed by atoms with Gasteiger partial charge in [0.25, 0.3) is 11.8 Å². The van der Waals surface area contributed by atoms with Crippen molar-refractivity contribution in [1.82, 2.24) is 25.0 Å². The molecule has 4 N–H and O–H groups in total. The number of hydrogen-bond acceptors (Lipinski definition) is 6. The molecule has 1 aliphatic rings. The first-order chi connectivity index (χ1) is 13.0. The Kier molecular flexibility index (Phi) is 4.36. The lowest BCUT2D eigenvalue weighted by Crippen LogP contribution is -2.50. The number of nitrogens with zero attached hydrogens (tertiary/aromatic N) is 3. The summed E-state index contributed by atoms with van der Waals surface area (Å²) in [5.74, 6) is -0.141. The van der Waals surface area contributed by atoms with Gasteiger partial charge in [-0.3, -0.25) is 14.0 Å². The molecule has 0 radical (unpaired) electrons. The molecule has 0 spiro atoms. The molecule has 3 aromatic heterocycles. The van der Waals surface area contributed by atoms with Crippen LogP contribution in [0.3, 0.4) is 0 Å². The Bertz CT molecular complexity index is 994. The lowest BCUT2D eigenvalue weighted by atomic mass is 9.95. The zero-order valence-electron chi connectivity index (χ0n) is 14.8. The predicted octanol–water partition coefficient (Wildman–Crippen LogP) is 0.816. The van der Waals surface area contributed by atoms with Gasteiger partial charge in [-0.1, -0.05) is 6.92 Å². The minimum Gasteiger partial charge on any atom is -0.463 e. The molecule has 1 fully saturated rings. The standard InChI is InChI=1S/C18H20N6O3/c1-10-4-5-20-8-12(10)23-18(26)11-7-13(14-3-2-6-27-14)24-9-21-15(16(19)25)17(24)22-11/h2-3,6-7,9-10,12,20H,4-5,8H2,1H3,(H2,19,25)(H,23,26). The van der Waals surface area contributed by atoms with Gasteiger partial charge in [0.05, 0.1) is 12.0 Å². The number of fused-ring (bicyclic) bond motifs is 1. The van der Waals surface area contributed by atoms with E-state index < -0.39 is 5.91 Å². The van der Waals surface area contributed by atoms with Gasteiger partial charge in [-0.25, -0.2) is 9.97 Å². The Labute approximate surface area is 155 Å². The van der Waals surface area contributed by atoms with Gasteiger partial charge in [0, 0.05) is 12.6 Å². The Balaban J connectivity index is 1.77. The highest BCUT2D eigenvalue weighted by molar-refractivity contribution is 5.99. The fourth-order valence-corrected chi connectivity index (χ4v) is 3.30. The van der Waals surface area contributed by atoms with E-state index in [1.165, 1.54) is 12.6 Å². The maximum Gasteiger partial charge on any atom is 0.271 e. The van der Waals surface area contributed by atoms with E-state index in [0.717, 1.165) is 13.0 Å². The van der Waals surface area contributed by atoms with Crippen LogP contribution >= 0.6 is 0 Å². The number of furan rings is 1. The van der Waals surface area contributed by atoms with E-state index in [-0.39, 0.29) is 29.0 Å². The number of amides is 2. The SMILES string of the molecule is CC1CCNCC1NC(=O)c1cc(-c2ccco2)n2cnc(C(N)=O)c2n1. The summed E-state index contributed by atoms with van der Waals surface area (Å²) in [6, 6.07) is 5.13. The molecule has 4 rings (SSSR count). The molecule has 0 aliphatic carbocycles. The average Bonchev–Trinajstić information content (AvgIpc) is 3.32. The van der Waals surface area contributed by atoms with Crippen molar-refractivity contribution in [2.45, 2.75) is 19.4 Å². The number of carbonyl (C=O) groups is 2. The molecule has 1 aliphatic heterocycles. The molecule has 3 aromatic rings. The van der Waals surface area contributed by atoms with Crippen molar-refractivity contribution in [3.63, 3.8) is 0 Å². The number of rotatable bonds is 4. The van der Waals surface area contributed by atoms with E-state index in [4.69, 9.17) is 10.2 Å². The molecular formula is C18H20N6O3. The highest BCUT2D eigenvalue weighted by atomic mass is 16.3. The second-order valence-corrected chi connectivity index (χ2v) is 6.70. The highest BCUT2D eigenvalue weighted by Crippen LogP contribution is 2.23. The van der Waals surface area contributed by atoms with Crippen molar-refractivity contribution in [2.24, 2.45) is 11.7 Å². The fourth-order valence-electron chi connectivity index (χ4n) is 3.30. The van der Waals surface area contributed by atoms with E-state index in [1.54, 1.807) is 22.6 Å². The Morgan fingerprint density at radius 2 is 2.30 bits per heavy atom. The largest absolute Gasteiger partial charge is 0.463 e. The summed E-state index contributed by atoms with van der Waals surface area (Å²) in [7, 11) is 0. The summed E-state index contributed by atoms with van der Waals surface area (Å²) in [6.07, 6.45) is 3.96. The van der Waals surface area contributed by atoms with E-state index in [2.05, 4.69) is 27.5 Å². The molecule has 2 amide bonds. The van der Waals surface area contributed by atoms with Gasteiger partial charge in [-0.2, -0.15) is 0 Å². The minimum absolute atomic E-state index is 0.00478. The monoisotopic (exact) mass is 368 g/mol. The molecule has 140 valence electrons. The lowest BCUT2D eigenvalue weighted by Gasteiger charge is -2.30. The molecule has 2 unspecified atom stereocenters. The maximum atomic E-state index is 12.8. The van der Waals surface area contributed by atoms with Gasteiger partial charge >= 0.3 is 0 Å². The summed E-state index contributed by atoms with van der Waals surface area (Å²) in [5.41, 5.74) is 6.36. The number of aromatic nitrogens is 3. The molecular weight excluding hydrogens is 348 g/mol. The lowest BCUT2D eigenvalue weighted by molar-refractivity contribution is 0.0909. The molecule has 9 heteroatoms. The normalized spacial score (nSPS) is 19.9. The van der Waals surface area contributed by atoms with Crippen molar-refractivity contribution >= 4 is 17.5 Å². The first-order valence-electron chi connectivity index (χ1n) is 8.78. The summed E-state index contributed by atoms with van der Waals surface area (Å²) in [4.78, 5) is 32.9. The third-order valence-electron chi connectivity index (χ3n) is 4.89. The van der Waals surface area contributed by atoms with Crippen molar-refractivity contribution in [1.29, 1.82) is 0 Å². The molecule has 0 aromatic carbocycles. The number of nitrogens with two attached hydrogens (primary N) is 1. The number of primary amides is 1. The summed E-state index contributed by atoms with van der Waals surface area (Å²) in [6.45, 7) is 3.76. The van der Waals surface area contributed by atoms with Crippen LogP contribution < -0.4 is 16.4 Å². The van der Waals surface area contributed by atoms with Crippen LogP contribution in [0.4, 0.5) is 0 Å². The van der Waals surface area contributed by atoms with E-state index in [0.29, 0.717) is 23.9 Å². The third kappa shape index (κ3) is 3.17. The zero-order chi connectivity index (χ0) is 19.0. The number of piperidine rings is 1. The van der Waals surface area contributed by atoms with E-state index in [9.17, 15) is 9.59 Å². The summed E-state index contributed by atoms with van der Waals surface area (Å²) >= 11 is 0. The Morgan fingerprint density at radius 3 is 3.00 bits per heavy atom. The molecule has 0 saturated carbocycles. The third-order valence-corrected chi connectivity index (χ3v) is 4.89. The van der Waals surface area contributed by atoms with Gasteiger partial charge in [-0.05, 0) is 37.1 Å². The summed E-state index contributed by atoms with van der Waals surface area (Å²) in [5, 5.41) is 6.30. The van der Waals surface area contributed by atoms with Crippen LogP contribution in [-0.4, -0.2) is 45.3 Å². The maximum absolute atomic E-state index is 12.8. The van der Waals surface area contributed by atoms with Crippen LogP contribution in [0.1, 0.15) is 34.3 Å². The Morgan fingerprint density at radius 1 is 1.44 bits per heavy atom. The van der Waals surface area contributed by atoms with E-state index in [1.807, 2.05) is 0 Å². The van der Waals surface area contributed by atoms with Crippen LogP contribution in [0.5, 0.6) is 0 Å². The molecule has 9 nitrogen and oxygen atoms in total. The van der Waals surface area contributed by atoms with Crippen molar-refractivity contribution < 1.29 is 14.0 Å². The molecule has 1 saturated heterocycles. The second-order valence-electron chi connectivity index (χ2n) is 6.70. The molecule has 2 atom stereocenters. The highest BCUT2D eigenvalue weighted by Gasteiger charge is 2.25. The molecule has 4 heterocycles. The molecule has 27 heavy (non-hydrogen) atoms. The quantitative estimate of drug-likeness (QED) is 0.625. The molecule has 0 bridgehead atoms. The van der Waals surface area contributed by atoms with E-state index >= 15 is 0 Å². The Hall–Kier alpha value is -3.20. The fraction of sp³-hybridized carbons (Fsp3) is 0.333. The van der Waals surface area contributed by atoms with Gasteiger partial charge < -0.3 is 20.8 Å². The average molecular weight is 368 g/mol. The topological polar surface area (TPSA) is 128 Å². The first kappa shape index (κ1) is 17.2. The van der Waals surface area contributed by atoms with Crippen LogP contribution in [0, 0.1) is 5.92 Å².